The van der Waals surface area contributed by atoms with Crippen LogP contribution in [0.4, 0.5) is 5.69 Å². The quantitative estimate of drug-likeness (QED) is 0.395. The molecule has 2 aromatic rings. The lowest BCUT2D eigenvalue weighted by atomic mass is 10.1. The van der Waals surface area contributed by atoms with Crippen molar-refractivity contribution in [1.82, 2.24) is 20.2 Å². The molecule has 3 rings (SSSR count). The Hall–Kier alpha value is -2.12. The van der Waals surface area contributed by atoms with Gasteiger partial charge in [-0.15, -0.1) is 11.8 Å². The molecule has 0 bridgehead atoms. The first-order chi connectivity index (χ1) is 14.5. The number of benzene rings is 1. The highest BCUT2D eigenvalue weighted by molar-refractivity contribution is 7.98. The predicted molar refractivity (Wildman–Crippen MR) is 125 cm³/mol. The van der Waals surface area contributed by atoms with Crippen molar-refractivity contribution in [2.75, 3.05) is 50.4 Å². The third-order valence-electron chi connectivity index (χ3n) is 5.44. The topological polar surface area (TPSA) is 61.4 Å². The summed E-state index contributed by atoms with van der Waals surface area (Å²) in [4.78, 5) is 26.8. The Morgan fingerprint density at radius 2 is 1.83 bits per heavy atom. The van der Waals surface area contributed by atoms with E-state index in [4.69, 9.17) is 0 Å². The molecule has 30 heavy (non-hydrogen) atoms. The van der Waals surface area contributed by atoms with E-state index >= 15 is 0 Å². The summed E-state index contributed by atoms with van der Waals surface area (Å²) in [5, 5.41) is 3.83. The van der Waals surface area contributed by atoms with Crippen molar-refractivity contribution in [3.8, 4) is 0 Å². The first kappa shape index (κ1) is 22.6. The van der Waals surface area contributed by atoms with E-state index < -0.39 is 0 Å². The van der Waals surface area contributed by atoms with Crippen LogP contribution in [0.2, 0.25) is 0 Å². The van der Waals surface area contributed by atoms with Gasteiger partial charge in [-0.25, -0.2) is 9.97 Å². The zero-order valence-electron chi connectivity index (χ0n) is 18.5. The molecule has 162 valence electrons. The fourth-order valence-corrected chi connectivity index (χ4v) is 4.33. The van der Waals surface area contributed by atoms with Crippen LogP contribution in [0.5, 0.6) is 0 Å². The number of piperazine rings is 1. The molecule has 1 aliphatic heterocycles. The number of amides is 1. The molecule has 0 spiro atoms. The number of hydrogen-bond acceptors (Lipinski definition) is 6. The fourth-order valence-electron chi connectivity index (χ4n) is 3.70. The minimum atomic E-state index is -0.0685. The number of aryl methyl sites for hydroxylation is 1. The maximum atomic E-state index is 12.8. The Morgan fingerprint density at radius 3 is 2.47 bits per heavy atom. The molecule has 7 heteroatoms. The summed E-state index contributed by atoms with van der Waals surface area (Å²) in [6.07, 6.45) is 2.90. The smallest absolute Gasteiger partial charge is 0.255 e. The van der Waals surface area contributed by atoms with Crippen molar-refractivity contribution in [1.29, 1.82) is 0 Å². The largest absolute Gasteiger partial charge is 0.369 e. The highest BCUT2D eigenvalue weighted by atomic mass is 32.2. The lowest BCUT2D eigenvalue weighted by Gasteiger charge is -2.36. The van der Waals surface area contributed by atoms with Crippen LogP contribution >= 0.6 is 11.8 Å². The van der Waals surface area contributed by atoms with Crippen LogP contribution in [0, 0.1) is 6.92 Å². The monoisotopic (exact) mass is 427 g/mol. The number of rotatable bonds is 8. The highest BCUT2D eigenvalue weighted by Gasteiger charge is 2.20. The first-order valence-corrected chi connectivity index (χ1v) is 11.9. The Morgan fingerprint density at radius 1 is 1.13 bits per heavy atom. The van der Waals surface area contributed by atoms with Gasteiger partial charge in [0.25, 0.3) is 5.91 Å². The van der Waals surface area contributed by atoms with Gasteiger partial charge < -0.3 is 10.2 Å². The van der Waals surface area contributed by atoms with E-state index in [1.165, 1.54) is 17.4 Å². The Kier molecular flexibility index (Phi) is 8.10. The van der Waals surface area contributed by atoms with E-state index in [0.717, 1.165) is 55.7 Å². The van der Waals surface area contributed by atoms with Gasteiger partial charge in [0.1, 0.15) is 10.9 Å². The molecule has 2 heterocycles. The van der Waals surface area contributed by atoms with Gasteiger partial charge in [-0.2, -0.15) is 0 Å². The van der Waals surface area contributed by atoms with Gasteiger partial charge >= 0.3 is 0 Å². The number of nitrogens with one attached hydrogen (secondary N) is 1. The van der Waals surface area contributed by atoms with Crippen molar-refractivity contribution in [3.63, 3.8) is 0 Å². The number of anilines is 1. The van der Waals surface area contributed by atoms with Crippen LogP contribution in [0.25, 0.3) is 0 Å². The van der Waals surface area contributed by atoms with Crippen molar-refractivity contribution in [2.24, 2.45) is 0 Å². The minimum absolute atomic E-state index is 0.0685. The van der Waals surface area contributed by atoms with Crippen molar-refractivity contribution in [2.45, 2.75) is 38.1 Å². The standard InChI is InChI=1S/C23H33N5OS/c1-17(2)21-25-18(3)20(23(26-21)30-4)22(29)24-11-8-12-27-13-15-28(16-14-27)19-9-6-5-7-10-19/h5-7,9-10,17H,8,11-16H2,1-4H3,(H,24,29). The van der Waals surface area contributed by atoms with Gasteiger partial charge in [-0.3, -0.25) is 9.69 Å². The normalized spacial score (nSPS) is 14.9. The van der Waals surface area contributed by atoms with Crippen LogP contribution in [-0.2, 0) is 0 Å². The molecule has 0 aliphatic carbocycles. The van der Waals surface area contributed by atoms with Crippen LogP contribution in [0.3, 0.4) is 0 Å². The molecule has 1 saturated heterocycles. The second kappa shape index (κ2) is 10.8. The van der Waals surface area contributed by atoms with Gasteiger partial charge in [0.05, 0.1) is 11.3 Å². The summed E-state index contributed by atoms with van der Waals surface area (Å²) in [7, 11) is 0. The number of aromatic nitrogens is 2. The van der Waals surface area contributed by atoms with Crippen LogP contribution in [0.1, 0.15) is 48.1 Å². The minimum Gasteiger partial charge on any atom is -0.369 e. The van der Waals surface area contributed by atoms with E-state index in [9.17, 15) is 4.79 Å². The zero-order valence-corrected chi connectivity index (χ0v) is 19.3. The molecule has 1 aliphatic rings. The summed E-state index contributed by atoms with van der Waals surface area (Å²) < 4.78 is 0. The van der Waals surface area contributed by atoms with E-state index in [1.807, 2.05) is 13.2 Å². The molecule has 1 aromatic carbocycles. The summed E-state index contributed by atoms with van der Waals surface area (Å²) in [6.45, 7) is 11.9. The second-order valence-electron chi connectivity index (χ2n) is 7.98. The molecule has 0 saturated carbocycles. The highest BCUT2D eigenvalue weighted by Crippen LogP contribution is 2.23. The molecule has 0 unspecified atom stereocenters. The summed E-state index contributed by atoms with van der Waals surface area (Å²) in [5.74, 6) is 0.971. The number of para-hydroxylation sites is 1. The molecule has 1 aromatic heterocycles. The molecule has 0 radical (unpaired) electrons. The molecule has 0 atom stereocenters. The van der Waals surface area contributed by atoms with E-state index in [-0.39, 0.29) is 11.8 Å². The van der Waals surface area contributed by atoms with Crippen LogP contribution in [-0.4, -0.2) is 66.3 Å². The maximum absolute atomic E-state index is 12.8. The summed E-state index contributed by atoms with van der Waals surface area (Å²) in [6, 6.07) is 10.6. The average molecular weight is 428 g/mol. The number of thioether (sulfide) groups is 1. The third kappa shape index (κ3) is 5.73. The Labute approximate surface area is 184 Å². The zero-order chi connectivity index (χ0) is 21.5. The lowest BCUT2D eigenvalue weighted by Crippen LogP contribution is -2.47. The molecule has 1 N–H and O–H groups in total. The number of carbonyl (C=O) groups excluding carboxylic acids is 1. The summed E-state index contributed by atoms with van der Waals surface area (Å²) >= 11 is 1.50. The number of nitrogens with zero attached hydrogens (tertiary/aromatic N) is 4. The molecule has 1 fully saturated rings. The van der Waals surface area contributed by atoms with Gasteiger partial charge in [-0.1, -0.05) is 32.0 Å². The van der Waals surface area contributed by atoms with E-state index in [2.05, 4.69) is 69.3 Å². The molecule has 1 amide bonds. The van der Waals surface area contributed by atoms with Crippen molar-refractivity contribution >= 4 is 23.4 Å². The maximum Gasteiger partial charge on any atom is 0.255 e. The van der Waals surface area contributed by atoms with Crippen molar-refractivity contribution in [3.05, 3.63) is 47.4 Å². The first-order valence-electron chi connectivity index (χ1n) is 10.7. The second-order valence-corrected chi connectivity index (χ2v) is 8.77. The summed E-state index contributed by atoms with van der Waals surface area (Å²) in [5.41, 5.74) is 2.67. The van der Waals surface area contributed by atoms with Crippen molar-refractivity contribution < 1.29 is 4.79 Å². The van der Waals surface area contributed by atoms with E-state index in [0.29, 0.717) is 12.1 Å². The third-order valence-corrected chi connectivity index (χ3v) is 6.12. The van der Waals surface area contributed by atoms with Crippen LogP contribution in [0.15, 0.2) is 35.4 Å². The van der Waals surface area contributed by atoms with Gasteiger partial charge in [0.2, 0.25) is 0 Å². The fraction of sp³-hybridized carbons (Fsp3) is 0.522. The molecule has 6 nitrogen and oxygen atoms in total. The number of carbonyl (C=O) groups is 1. The van der Waals surface area contributed by atoms with Gasteiger partial charge in [-0.05, 0) is 38.3 Å². The molecular formula is C23H33N5OS. The van der Waals surface area contributed by atoms with Gasteiger partial charge in [0, 0.05) is 44.3 Å². The Balaban J connectivity index is 1.44. The SMILES string of the molecule is CSc1nc(C(C)C)nc(C)c1C(=O)NCCCN1CCN(c2ccccc2)CC1. The number of hydrogen-bond donors (Lipinski definition) is 1. The lowest BCUT2D eigenvalue weighted by molar-refractivity contribution is 0.0946. The predicted octanol–water partition coefficient (Wildman–Crippen LogP) is 3.57. The average Bonchev–Trinajstić information content (AvgIpc) is 2.76. The van der Waals surface area contributed by atoms with Gasteiger partial charge in [0.15, 0.2) is 0 Å². The molecular weight excluding hydrogens is 394 g/mol. The Bertz CT molecular complexity index is 835. The van der Waals surface area contributed by atoms with Crippen LogP contribution < -0.4 is 10.2 Å². The van der Waals surface area contributed by atoms with E-state index in [1.54, 1.807) is 0 Å².